The van der Waals surface area contributed by atoms with Gasteiger partial charge in [-0.1, -0.05) is 0 Å². The van der Waals surface area contributed by atoms with Gasteiger partial charge in [-0.25, -0.2) is 5.84 Å². The van der Waals surface area contributed by atoms with E-state index in [1.165, 1.54) is 11.8 Å². The van der Waals surface area contributed by atoms with Crippen LogP contribution in [-0.2, 0) is 19.0 Å². The molecule has 16 heteroatoms. The number of aliphatic hydroxyl groups is 7. The fraction of sp³-hybridized carbons (Fsp3) is 0.880. The Hall–Kier alpha value is -1.67. The summed E-state index contributed by atoms with van der Waals surface area (Å²) in [6, 6.07) is 0. The lowest BCUT2D eigenvalue weighted by Gasteiger charge is -2.39. The van der Waals surface area contributed by atoms with Crippen molar-refractivity contribution >= 4 is 5.97 Å². The summed E-state index contributed by atoms with van der Waals surface area (Å²) in [6.07, 6.45) is -7.57. The molecule has 0 saturated carbocycles. The number of nitrogens with two attached hydrogens (primary N) is 2. The number of hydrazine groups is 1. The summed E-state index contributed by atoms with van der Waals surface area (Å²) in [5.41, 5.74) is 5.35. The van der Waals surface area contributed by atoms with Gasteiger partial charge in [-0.15, -0.1) is 0 Å². The van der Waals surface area contributed by atoms with E-state index < -0.39 is 67.1 Å². The average molecular weight is 599 g/mol. The number of rotatable bonds is 12. The summed E-state index contributed by atoms with van der Waals surface area (Å²) in [5, 5.41) is 81.2. The molecule has 0 aromatic rings. The van der Waals surface area contributed by atoms with E-state index >= 15 is 0 Å². The maximum absolute atomic E-state index is 11.0. The first kappa shape index (κ1) is 37.4. The lowest BCUT2D eigenvalue weighted by atomic mass is 10.0. The minimum atomic E-state index is -1.78. The molecule has 1 fully saturated rings. The zero-order chi connectivity index (χ0) is 31.4. The fourth-order valence-corrected chi connectivity index (χ4v) is 4.22. The highest BCUT2D eigenvalue weighted by Crippen LogP contribution is 2.27. The van der Waals surface area contributed by atoms with Crippen LogP contribution in [0.3, 0.4) is 0 Å². The Kier molecular flexibility index (Phi) is 15.9. The quantitative estimate of drug-likeness (QED) is 0.0763. The van der Waals surface area contributed by atoms with Gasteiger partial charge in [0.1, 0.15) is 18.8 Å². The van der Waals surface area contributed by atoms with Crippen LogP contribution in [-0.4, -0.2) is 157 Å². The van der Waals surface area contributed by atoms with Gasteiger partial charge in [0.25, 0.3) is 0 Å². The predicted molar refractivity (Wildman–Crippen MR) is 145 cm³/mol. The monoisotopic (exact) mass is 598 g/mol. The molecule has 0 aliphatic carbocycles. The topological polar surface area (TPSA) is 265 Å². The summed E-state index contributed by atoms with van der Waals surface area (Å²) in [7, 11) is 0. The zero-order valence-corrected chi connectivity index (χ0v) is 24.1. The molecular formula is C25H50N4O12. The molecule has 7 atom stereocenters. The summed E-state index contributed by atoms with van der Waals surface area (Å²) in [4.78, 5) is 12.6. The lowest BCUT2D eigenvalue weighted by Crippen LogP contribution is -2.53. The van der Waals surface area contributed by atoms with Crippen LogP contribution in [0.1, 0.15) is 40.0 Å². The normalized spacial score (nSPS) is 29.7. The van der Waals surface area contributed by atoms with Crippen molar-refractivity contribution in [1.29, 1.82) is 0 Å². The summed E-state index contributed by atoms with van der Waals surface area (Å²) < 4.78 is 18.0. The number of ether oxygens (including phenoxy) is 3. The molecule has 0 spiro atoms. The van der Waals surface area contributed by atoms with Crippen LogP contribution in [0.5, 0.6) is 0 Å². The molecule has 16 nitrogen and oxygen atoms in total. The number of nitrogens with zero attached hydrogens (tertiary/aromatic N) is 2. The first-order chi connectivity index (χ1) is 19.0. The van der Waals surface area contributed by atoms with Gasteiger partial charge in [-0.05, 0) is 40.0 Å². The number of aliphatic hydroxyl groups excluding tert-OH is 7. The van der Waals surface area contributed by atoms with Crippen LogP contribution in [0.2, 0.25) is 0 Å². The van der Waals surface area contributed by atoms with E-state index in [4.69, 9.17) is 36.0 Å². The van der Waals surface area contributed by atoms with Gasteiger partial charge in [0.2, 0.25) is 5.79 Å². The Bertz CT molecular complexity index is 807. The maximum atomic E-state index is 11.0. The number of carboxylic acids is 1. The molecular weight excluding hydrogens is 548 g/mol. The number of hydrogen-bond acceptors (Lipinski definition) is 15. The molecule has 0 amide bonds. The molecule has 0 aromatic heterocycles. The van der Waals surface area contributed by atoms with E-state index in [9.17, 15) is 35.4 Å². The van der Waals surface area contributed by atoms with Crippen LogP contribution in [0.4, 0.5) is 0 Å². The minimum Gasteiger partial charge on any atom is -0.480 e. The van der Waals surface area contributed by atoms with Crippen molar-refractivity contribution in [3.05, 3.63) is 11.9 Å². The summed E-state index contributed by atoms with van der Waals surface area (Å²) in [5.74, 6) is 2.72. The predicted octanol–water partition coefficient (Wildman–Crippen LogP) is -3.76. The lowest BCUT2D eigenvalue weighted by molar-refractivity contribution is -0.255. The third-order valence-corrected chi connectivity index (χ3v) is 6.80. The molecule has 242 valence electrons. The Morgan fingerprint density at radius 1 is 1.10 bits per heavy atom. The molecule has 1 aliphatic heterocycles. The van der Waals surface area contributed by atoms with E-state index in [1.54, 1.807) is 0 Å². The molecule has 1 heterocycles. The first-order valence-corrected chi connectivity index (χ1v) is 13.6. The van der Waals surface area contributed by atoms with Crippen LogP contribution in [0.25, 0.3) is 0 Å². The highest BCUT2D eigenvalue weighted by atomic mass is 16.7. The molecule has 0 aromatic carbocycles. The molecule has 7 unspecified atom stereocenters. The highest BCUT2D eigenvalue weighted by molar-refractivity contribution is 5.69. The highest BCUT2D eigenvalue weighted by Gasteiger charge is 2.39. The third-order valence-electron chi connectivity index (χ3n) is 6.80. The van der Waals surface area contributed by atoms with E-state index in [0.717, 1.165) is 11.2 Å². The van der Waals surface area contributed by atoms with E-state index in [0.29, 0.717) is 6.42 Å². The van der Waals surface area contributed by atoms with Crippen LogP contribution >= 0.6 is 0 Å². The Balaban J connectivity index is 3.31. The van der Waals surface area contributed by atoms with Crippen LogP contribution in [0.15, 0.2) is 11.9 Å². The average Bonchev–Trinajstić information content (AvgIpc) is 2.86. The third kappa shape index (κ3) is 13.0. The van der Waals surface area contributed by atoms with E-state index in [1.807, 2.05) is 13.8 Å². The molecule has 0 bridgehead atoms. The number of aliphatic carboxylic acids is 1. The van der Waals surface area contributed by atoms with Crippen molar-refractivity contribution < 1.29 is 59.9 Å². The van der Waals surface area contributed by atoms with Crippen molar-refractivity contribution in [1.82, 2.24) is 9.91 Å². The van der Waals surface area contributed by atoms with Crippen LogP contribution in [0, 0.1) is 0 Å². The van der Waals surface area contributed by atoms with Gasteiger partial charge >= 0.3 is 5.97 Å². The van der Waals surface area contributed by atoms with Gasteiger partial charge < -0.3 is 65.8 Å². The number of carboxylic acid groups (broad SMARTS) is 1. The maximum Gasteiger partial charge on any atom is 0.324 e. The second-order valence-electron chi connectivity index (χ2n) is 10.9. The Morgan fingerprint density at radius 2 is 1.76 bits per heavy atom. The van der Waals surface area contributed by atoms with Crippen molar-refractivity contribution in [3.63, 3.8) is 0 Å². The van der Waals surface area contributed by atoms with Crippen molar-refractivity contribution in [3.8, 4) is 0 Å². The molecule has 41 heavy (non-hydrogen) atoms. The largest absolute Gasteiger partial charge is 0.480 e. The van der Waals surface area contributed by atoms with Gasteiger partial charge in [-0.2, -0.15) is 0 Å². The Labute approximate surface area is 240 Å². The van der Waals surface area contributed by atoms with E-state index in [2.05, 4.69) is 0 Å². The number of hydrogen-bond donors (Lipinski definition) is 10. The first-order valence-electron chi connectivity index (χ1n) is 13.6. The van der Waals surface area contributed by atoms with Gasteiger partial charge in [0, 0.05) is 39.0 Å². The minimum absolute atomic E-state index is 0.0312. The SMILES string of the molecule is CC1(C)CCOC(C)(/C(N)=C/N(N)CC(=O)O)OC(CCO)C(O)C(O)CN(CC(O)C(O)C(O)CCO)CCO1. The van der Waals surface area contributed by atoms with E-state index in [-0.39, 0.29) is 58.0 Å². The molecule has 0 radical (unpaired) electrons. The summed E-state index contributed by atoms with van der Waals surface area (Å²) >= 11 is 0. The second kappa shape index (κ2) is 17.4. The molecule has 1 rings (SSSR count). The Morgan fingerprint density at radius 3 is 2.34 bits per heavy atom. The zero-order valence-electron chi connectivity index (χ0n) is 24.1. The number of carbonyl (C=O) groups is 1. The molecule has 1 saturated heterocycles. The fourth-order valence-electron chi connectivity index (χ4n) is 4.22. The van der Waals surface area contributed by atoms with Gasteiger partial charge in [-0.3, -0.25) is 9.69 Å². The van der Waals surface area contributed by atoms with Crippen LogP contribution < -0.4 is 11.6 Å². The summed E-state index contributed by atoms with van der Waals surface area (Å²) in [6.45, 7) is 3.55. The standard InChI is InChI=1S/C25H50N4O12/c1-24(2)6-10-40-25(3,20(26)14-29(27)15-21(35)36)41-19(5-9-31)23(38)18(34)13-28(7-11-39-24)12-17(33)22(37)16(32)4-8-30/h14,16-19,22-23,30-34,37-38H,4-13,15,26-27H2,1-3H3,(H,35,36)/b20-14-. The smallest absolute Gasteiger partial charge is 0.324 e. The van der Waals surface area contributed by atoms with Crippen molar-refractivity contribution in [2.75, 3.05) is 52.6 Å². The van der Waals surface area contributed by atoms with Gasteiger partial charge in [0.15, 0.2) is 0 Å². The number of β-amino-alcohol motifs (C(OH)–C–C–N with tert-alkyl or cyclic N) is 2. The van der Waals surface area contributed by atoms with Crippen molar-refractivity contribution in [2.45, 2.75) is 88.0 Å². The molecule has 1 aliphatic rings. The second-order valence-corrected chi connectivity index (χ2v) is 10.9. The molecule has 12 N–H and O–H groups in total. The van der Waals surface area contributed by atoms with Gasteiger partial charge in [0.05, 0.1) is 48.9 Å². The van der Waals surface area contributed by atoms with Crippen molar-refractivity contribution in [2.24, 2.45) is 11.6 Å².